The lowest BCUT2D eigenvalue weighted by molar-refractivity contribution is -0.138. The zero-order chi connectivity index (χ0) is 27.3. The molecule has 0 bridgehead atoms. The molecule has 0 saturated carbocycles. The molecule has 4 aromatic rings. The summed E-state index contributed by atoms with van der Waals surface area (Å²) in [7, 11) is 1.41. The molecule has 10 nitrogen and oxygen atoms in total. The number of benzene rings is 1. The Morgan fingerprint density at radius 2 is 1.79 bits per heavy atom. The summed E-state index contributed by atoms with van der Waals surface area (Å²) in [6.45, 7) is 1.72. The molecule has 4 rings (SSSR count). The highest BCUT2D eigenvalue weighted by atomic mass is 19.4. The zero-order valence-electron chi connectivity index (χ0n) is 20.1. The third kappa shape index (κ3) is 6.31. The third-order valence-electron chi connectivity index (χ3n) is 5.20. The first-order valence-corrected chi connectivity index (χ1v) is 11.0. The number of methoxy groups -OCH3 is 1. The van der Waals surface area contributed by atoms with E-state index < -0.39 is 23.3 Å². The molecule has 38 heavy (non-hydrogen) atoms. The first-order valence-electron chi connectivity index (χ1n) is 11.0. The quantitative estimate of drug-likeness (QED) is 0.369. The van der Waals surface area contributed by atoms with Gasteiger partial charge >= 0.3 is 6.18 Å². The molecule has 0 spiro atoms. The van der Waals surface area contributed by atoms with E-state index in [2.05, 4.69) is 35.8 Å². The fraction of sp³-hybridized carbons (Fsp3) is 0.160. The number of nitrogens with zero attached hydrogens (tertiary/aromatic N) is 5. The molecule has 0 atom stereocenters. The van der Waals surface area contributed by atoms with Crippen LogP contribution in [0, 0.1) is 6.92 Å². The van der Waals surface area contributed by atoms with Crippen LogP contribution in [0.1, 0.15) is 21.6 Å². The van der Waals surface area contributed by atoms with Gasteiger partial charge in [-0.05, 0) is 48.9 Å². The van der Waals surface area contributed by atoms with Crippen molar-refractivity contribution in [3.63, 3.8) is 0 Å². The Hall–Kier alpha value is -4.78. The van der Waals surface area contributed by atoms with Crippen molar-refractivity contribution in [2.45, 2.75) is 13.1 Å². The molecular weight excluding hydrogens is 503 g/mol. The fourth-order valence-electron chi connectivity index (χ4n) is 3.40. The predicted octanol–water partition coefficient (Wildman–Crippen LogP) is 4.16. The molecule has 0 fully saturated rings. The summed E-state index contributed by atoms with van der Waals surface area (Å²) < 4.78 is 43.7. The Morgan fingerprint density at radius 3 is 2.55 bits per heavy atom. The van der Waals surface area contributed by atoms with Crippen LogP contribution in [0.4, 0.5) is 24.7 Å². The molecule has 1 aromatic carbocycles. The Labute approximate surface area is 214 Å². The van der Waals surface area contributed by atoms with E-state index in [-0.39, 0.29) is 12.5 Å². The molecule has 3 heterocycles. The summed E-state index contributed by atoms with van der Waals surface area (Å²) in [4.78, 5) is 37.4. The van der Waals surface area contributed by atoms with Gasteiger partial charge in [0, 0.05) is 36.3 Å². The van der Waals surface area contributed by atoms with Crippen molar-refractivity contribution in [1.29, 1.82) is 0 Å². The van der Waals surface area contributed by atoms with Gasteiger partial charge in [0.05, 0.1) is 17.5 Å². The lowest BCUT2D eigenvalue weighted by Crippen LogP contribution is -2.17. The largest absolute Gasteiger partial charge is 0.418 e. The number of aryl methyl sites for hydroxylation is 1. The van der Waals surface area contributed by atoms with Crippen molar-refractivity contribution in [3.05, 3.63) is 77.9 Å². The second-order valence-electron chi connectivity index (χ2n) is 7.99. The standard InChI is InChI=1S/C25H20F3N7O3/c1-14-3-4-17(32-24(37)20-10-16(12-31-35-20)25(26,27)28)11-18(14)19-6-8-30-23(33-19)15-5-7-29-21(9-15)34-22(36)13-38-2/h3-12H,13H2,1-2H3,(H,32,37)(H,29,34,36). The lowest BCUT2D eigenvalue weighted by Gasteiger charge is -2.11. The van der Waals surface area contributed by atoms with Crippen LogP contribution in [0.25, 0.3) is 22.6 Å². The van der Waals surface area contributed by atoms with E-state index >= 15 is 0 Å². The molecule has 0 radical (unpaired) electrons. The molecule has 0 aliphatic heterocycles. The van der Waals surface area contributed by atoms with E-state index in [9.17, 15) is 22.8 Å². The molecule has 0 unspecified atom stereocenters. The molecule has 2 N–H and O–H groups in total. The monoisotopic (exact) mass is 523 g/mol. The smallest absolute Gasteiger partial charge is 0.375 e. The summed E-state index contributed by atoms with van der Waals surface area (Å²) in [5.41, 5.74) is 1.38. The Balaban J connectivity index is 1.59. The third-order valence-corrected chi connectivity index (χ3v) is 5.20. The Kier molecular flexibility index (Phi) is 7.67. The number of carbonyl (C=O) groups excluding carboxylic acids is 2. The number of anilines is 2. The van der Waals surface area contributed by atoms with Gasteiger partial charge in [-0.25, -0.2) is 15.0 Å². The number of aromatic nitrogens is 5. The highest BCUT2D eigenvalue weighted by Gasteiger charge is 2.32. The van der Waals surface area contributed by atoms with Crippen LogP contribution in [0.5, 0.6) is 0 Å². The van der Waals surface area contributed by atoms with E-state index in [1.165, 1.54) is 13.3 Å². The SMILES string of the molecule is COCC(=O)Nc1cc(-c2nccc(-c3cc(NC(=O)c4cc(C(F)(F)F)cnn4)ccc3C)n2)ccn1. The van der Waals surface area contributed by atoms with Crippen molar-refractivity contribution in [2.24, 2.45) is 0 Å². The molecule has 0 saturated heterocycles. The van der Waals surface area contributed by atoms with Gasteiger partial charge in [-0.3, -0.25) is 9.59 Å². The highest BCUT2D eigenvalue weighted by Crippen LogP contribution is 2.29. The van der Waals surface area contributed by atoms with E-state index in [0.717, 1.165) is 5.56 Å². The van der Waals surface area contributed by atoms with Crippen molar-refractivity contribution in [2.75, 3.05) is 24.4 Å². The maximum absolute atomic E-state index is 13.0. The first-order chi connectivity index (χ1) is 18.1. The first kappa shape index (κ1) is 26.3. The number of hydrogen-bond donors (Lipinski definition) is 2. The second-order valence-corrected chi connectivity index (χ2v) is 7.99. The zero-order valence-corrected chi connectivity index (χ0v) is 20.1. The average Bonchev–Trinajstić information content (AvgIpc) is 2.89. The van der Waals surface area contributed by atoms with E-state index in [0.29, 0.717) is 46.4 Å². The number of ether oxygens (including phenoxy) is 1. The van der Waals surface area contributed by atoms with E-state index in [1.807, 2.05) is 6.92 Å². The summed E-state index contributed by atoms with van der Waals surface area (Å²) in [5.74, 6) is -0.545. The Bertz CT molecular complexity index is 1500. The maximum Gasteiger partial charge on any atom is 0.418 e. The van der Waals surface area contributed by atoms with Gasteiger partial charge in [0.1, 0.15) is 12.4 Å². The van der Waals surface area contributed by atoms with Crippen molar-refractivity contribution < 1.29 is 27.5 Å². The number of amides is 2. The maximum atomic E-state index is 13.0. The highest BCUT2D eigenvalue weighted by molar-refractivity contribution is 6.03. The van der Waals surface area contributed by atoms with E-state index in [4.69, 9.17) is 4.74 Å². The van der Waals surface area contributed by atoms with Crippen LogP contribution in [-0.4, -0.2) is 50.7 Å². The van der Waals surface area contributed by atoms with E-state index in [1.54, 1.807) is 42.6 Å². The van der Waals surface area contributed by atoms with Crippen molar-refractivity contribution >= 4 is 23.3 Å². The molecular formula is C25H20F3N7O3. The van der Waals surface area contributed by atoms with Crippen molar-refractivity contribution in [3.8, 4) is 22.6 Å². The molecule has 0 aliphatic carbocycles. The van der Waals surface area contributed by atoms with Gasteiger partial charge in [-0.1, -0.05) is 6.07 Å². The van der Waals surface area contributed by atoms with Gasteiger partial charge < -0.3 is 15.4 Å². The van der Waals surface area contributed by atoms with Gasteiger partial charge in [0.2, 0.25) is 0 Å². The summed E-state index contributed by atoms with van der Waals surface area (Å²) in [6, 6.07) is 10.6. The molecule has 13 heteroatoms. The van der Waals surface area contributed by atoms with Crippen LogP contribution in [-0.2, 0) is 15.7 Å². The second kappa shape index (κ2) is 11.1. The summed E-state index contributed by atoms with van der Waals surface area (Å²) in [5, 5.41) is 11.9. The minimum absolute atomic E-state index is 0.121. The van der Waals surface area contributed by atoms with Crippen molar-refractivity contribution in [1.82, 2.24) is 25.1 Å². The summed E-state index contributed by atoms with van der Waals surface area (Å²) in [6.07, 6.45) is -1.04. The van der Waals surface area contributed by atoms with Crippen LogP contribution < -0.4 is 10.6 Å². The summed E-state index contributed by atoms with van der Waals surface area (Å²) >= 11 is 0. The predicted molar refractivity (Wildman–Crippen MR) is 131 cm³/mol. The number of halogens is 3. The van der Waals surface area contributed by atoms with Crippen LogP contribution in [0.15, 0.2) is 61.1 Å². The minimum atomic E-state index is -4.65. The number of carbonyl (C=O) groups is 2. The number of pyridine rings is 1. The Morgan fingerprint density at radius 1 is 1.00 bits per heavy atom. The van der Waals surface area contributed by atoms with Crippen LogP contribution in [0.2, 0.25) is 0 Å². The average molecular weight is 523 g/mol. The van der Waals surface area contributed by atoms with Gasteiger partial charge in [-0.2, -0.15) is 18.3 Å². The number of alkyl halides is 3. The fourth-order valence-corrected chi connectivity index (χ4v) is 3.40. The van der Waals surface area contributed by atoms with Crippen LogP contribution in [0.3, 0.4) is 0 Å². The molecule has 3 aromatic heterocycles. The molecule has 194 valence electrons. The number of hydrogen-bond acceptors (Lipinski definition) is 8. The topological polar surface area (TPSA) is 132 Å². The molecule has 2 amide bonds. The molecule has 0 aliphatic rings. The normalized spacial score (nSPS) is 11.2. The van der Waals surface area contributed by atoms with Gasteiger partial charge in [-0.15, -0.1) is 5.10 Å². The minimum Gasteiger partial charge on any atom is -0.375 e. The number of rotatable bonds is 7. The number of nitrogens with one attached hydrogen (secondary N) is 2. The van der Waals surface area contributed by atoms with Crippen LogP contribution >= 0.6 is 0 Å². The lowest BCUT2D eigenvalue weighted by atomic mass is 10.0. The van der Waals surface area contributed by atoms with Gasteiger partial charge in [0.15, 0.2) is 11.5 Å². The van der Waals surface area contributed by atoms with Gasteiger partial charge in [0.25, 0.3) is 11.8 Å².